The van der Waals surface area contributed by atoms with E-state index in [0.29, 0.717) is 22.9 Å². The van der Waals surface area contributed by atoms with E-state index in [-0.39, 0.29) is 11.9 Å². The minimum atomic E-state index is -0.680. The summed E-state index contributed by atoms with van der Waals surface area (Å²) >= 11 is 0. The van der Waals surface area contributed by atoms with Gasteiger partial charge in [0.15, 0.2) is 6.54 Å². The molecule has 2 bridgehead atoms. The highest BCUT2D eigenvalue weighted by atomic mass is 16.3. The van der Waals surface area contributed by atoms with Crippen LogP contribution in [0.15, 0.2) is 104 Å². The number of amides is 1. The molecule has 0 spiro atoms. The number of nitrogens with zero attached hydrogens (tertiary/aromatic N) is 2. The van der Waals surface area contributed by atoms with Gasteiger partial charge in [0.2, 0.25) is 0 Å². The predicted molar refractivity (Wildman–Crippen MR) is 152 cm³/mol. The number of rotatable bonds is 7. The Morgan fingerprint density at radius 1 is 1.05 bits per heavy atom. The number of aliphatic hydroxyl groups excluding tert-OH is 1. The number of carbonyl (C=O) groups is 1. The molecule has 0 unspecified atom stereocenters. The van der Waals surface area contributed by atoms with Crippen molar-refractivity contribution in [3.05, 3.63) is 109 Å². The number of aliphatic hydroxyl groups is 1. The van der Waals surface area contributed by atoms with Gasteiger partial charge in [-0.15, -0.1) is 6.58 Å². The van der Waals surface area contributed by atoms with E-state index in [0.717, 1.165) is 59.2 Å². The van der Waals surface area contributed by atoms with Gasteiger partial charge in [-0.05, 0) is 35.2 Å². The number of quaternary nitrogens is 1. The molecule has 1 amide bonds. The van der Waals surface area contributed by atoms with Gasteiger partial charge in [-0.25, -0.2) is 0 Å². The van der Waals surface area contributed by atoms with Gasteiger partial charge in [0, 0.05) is 41.6 Å². The molecule has 5 heteroatoms. The lowest BCUT2D eigenvalue weighted by atomic mass is 9.71. The van der Waals surface area contributed by atoms with Gasteiger partial charge in [-0.2, -0.15) is 0 Å². The molecule has 3 aliphatic heterocycles. The lowest BCUT2D eigenvalue weighted by molar-refractivity contribution is -0.966. The Morgan fingerprint density at radius 3 is 2.66 bits per heavy atom. The van der Waals surface area contributed by atoms with Crippen LogP contribution < -0.4 is 5.32 Å². The maximum atomic E-state index is 13.7. The molecule has 0 aliphatic carbocycles. The summed E-state index contributed by atoms with van der Waals surface area (Å²) < 4.78 is 0.574. The first kappa shape index (κ1) is 24.5. The molecule has 4 aromatic rings. The summed E-state index contributed by atoms with van der Waals surface area (Å²) in [7, 11) is 0. The quantitative estimate of drug-likeness (QED) is 0.240. The number of anilines is 1. The summed E-state index contributed by atoms with van der Waals surface area (Å²) in [5, 5.41) is 16.1. The van der Waals surface area contributed by atoms with Gasteiger partial charge in [0.1, 0.15) is 12.1 Å². The van der Waals surface area contributed by atoms with Crippen LogP contribution in [-0.2, 0) is 4.79 Å². The minimum Gasteiger partial charge on any atom is -0.382 e. The zero-order valence-electron chi connectivity index (χ0n) is 21.5. The average Bonchev–Trinajstić information content (AvgIpc) is 2.97. The standard InChI is InChI=1S/C33H33N3O2/c1-2-23-21-36(22-32(37)35-30-15-9-6-12-26(30)24-10-4-3-5-11-24)19-17-25(23)20-31(36)33(38)28-16-18-34-29-14-8-7-13-27(28)29/h2-16,18,23,25,31,33,38H,1,17,19-22H2/p+1/t23-,25-,31+,33-,36-/m0/s1. The SMILES string of the molecule is C=C[C@H]1C[N@+]2(CC(=O)Nc3ccccc3-c3ccccc3)CC[C@H]1C[C@@H]2[C@@H](O)c1ccnc2ccccc12. The van der Waals surface area contributed by atoms with E-state index in [4.69, 9.17) is 0 Å². The van der Waals surface area contributed by atoms with Crippen molar-refractivity contribution >= 4 is 22.5 Å². The van der Waals surface area contributed by atoms with Gasteiger partial charge in [0.25, 0.3) is 5.91 Å². The summed E-state index contributed by atoms with van der Waals surface area (Å²) in [5.74, 6) is 0.821. The molecule has 3 fully saturated rings. The number of aromatic nitrogens is 1. The van der Waals surface area contributed by atoms with Crippen LogP contribution in [0.25, 0.3) is 22.0 Å². The molecule has 3 aliphatic rings. The summed E-state index contributed by atoms with van der Waals surface area (Å²) in [6.45, 7) is 6.15. The second-order valence-electron chi connectivity index (χ2n) is 10.9. The lowest BCUT2D eigenvalue weighted by Crippen LogP contribution is -2.69. The molecule has 5 atom stereocenters. The molecular weight excluding hydrogens is 470 g/mol. The monoisotopic (exact) mass is 504 g/mol. The number of fused-ring (bicyclic) bond motifs is 4. The van der Waals surface area contributed by atoms with E-state index in [9.17, 15) is 9.90 Å². The Bertz CT molecular complexity index is 1460. The Labute approximate surface area is 224 Å². The maximum Gasteiger partial charge on any atom is 0.279 e. The number of hydrogen-bond acceptors (Lipinski definition) is 3. The van der Waals surface area contributed by atoms with Crippen LogP contribution in [0, 0.1) is 11.8 Å². The molecule has 4 heterocycles. The number of para-hydroxylation sites is 2. The summed E-state index contributed by atoms with van der Waals surface area (Å²) in [4.78, 5) is 18.2. The summed E-state index contributed by atoms with van der Waals surface area (Å²) in [6, 6.07) is 27.9. The van der Waals surface area contributed by atoms with E-state index in [1.54, 1.807) is 6.20 Å². The van der Waals surface area contributed by atoms with E-state index in [2.05, 4.69) is 35.1 Å². The smallest absolute Gasteiger partial charge is 0.279 e. The molecule has 7 rings (SSSR count). The predicted octanol–water partition coefficient (Wildman–Crippen LogP) is 5.99. The van der Waals surface area contributed by atoms with Gasteiger partial charge in [-0.3, -0.25) is 9.78 Å². The van der Waals surface area contributed by atoms with Crippen LogP contribution in [0.1, 0.15) is 24.5 Å². The molecule has 38 heavy (non-hydrogen) atoms. The third-order valence-electron chi connectivity index (χ3n) is 8.79. The molecule has 1 aromatic heterocycles. The average molecular weight is 505 g/mol. The van der Waals surface area contributed by atoms with Crippen molar-refractivity contribution in [2.75, 3.05) is 25.0 Å². The molecule has 3 aromatic carbocycles. The fourth-order valence-corrected chi connectivity index (χ4v) is 6.90. The van der Waals surface area contributed by atoms with Crippen molar-refractivity contribution in [3.63, 3.8) is 0 Å². The molecule has 3 saturated heterocycles. The third kappa shape index (κ3) is 4.42. The van der Waals surface area contributed by atoms with Crippen LogP contribution in [0.3, 0.4) is 0 Å². The highest BCUT2D eigenvalue weighted by Crippen LogP contribution is 2.47. The number of benzene rings is 3. The first-order chi connectivity index (χ1) is 18.6. The third-order valence-corrected chi connectivity index (χ3v) is 8.79. The van der Waals surface area contributed by atoms with E-state index >= 15 is 0 Å². The topological polar surface area (TPSA) is 62.2 Å². The van der Waals surface area contributed by atoms with E-state index < -0.39 is 6.10 Å². The van der Waals surface area contributed by atoms with Crippen LogP contribution >= 0.6 is 0 Å². The summed E-state index contributed by atoms with van der Waals surface area (Å²) in [5.41, 5.74) is 4.66. The number of hydrogen-bond donors (Lipinski definition) is 2. The molecular formula is C33H34N3O2+. The number of pyridine rings is 1. The van der Waals surface area contributed by atoms with Gasteiger partial charge >= 0.3 is 0 Å². The van der Waals surface area contributed by atoms with Gasteiger partial charge < -0.3 is 14.9 Å². The van der Waals surface area contributed by atoms with Crippen LogP contribution in [0.4, 0.5) is 5.69 Å². The van der Waals surface area contributed by atoms with Gasteiger partial charge in [-0.1, -0.05) is 72.8 Å². The molecule has 0 saturated carbocycles. The molecule has 0 radical (unpaired) electrons. The first-order valence-electron chi connectivity index (χ1n) is 13.5. The maximum absolute atomic E-state index is 13.7. The van der Waals surface area contributed by atoms with E-state index in [1.165, 1.54) is 0 Å². The largest absolute Gasteiger partial charge is 0.382 e. The zero-order valence-corrected chi connectivity index (χ0v) is 21.5. The van der Waals surface area contributed by atoms with Crippen LogP contribution in [0.5, 0.6) is 0 Å². The lowest BCUT2D eigenvalue weighted by Gasteiger charge is -2.57. The van der Waals surface area contributed by atoms with Crippen LogP contribution in [-0.4, -0.2) is 46.2 Å². The number of carbonyl (C=O) groups excluding carboxylic acids is 1. The number of piperidine rings is 3. The zero-order chi connectivity index (χ0) is 26.1. The Hall–Kier alpha value is -3.80. The fourth-order valence-electron chi connectivity index (χ4n) is 6.90. The number of nitrogens with one attached hydrogen (secondary N) is 1. The van der Waals surface area contributed by atoms with Gasteiger partial charge in [0.05, 0.1) is 18.6 Å². The van der Waals surface area contributed by atoms with Crippen molar-refractivity contribution in [1.82, 2.24) is 4.98 Å². The van der Waals surface area contributed by atoms with E-state index in [1.807, 2.05) is 72.8 Å². The van der Waals surface area contributed by atoms with Crippen molar-refractivity contribution in [3.8, 4) is 11.1 Å². The van der Waals surface area contributed by atoms with Crippen molar-refractivity contribution < 1.29 is 14.4 Å². The molecule has 192 valence electrons. The highest BCUT2D eigenvalue weighted by molar-refractivity contribution is 5.96. The Kier molecular flexibility index (Phi) is 6.56. The van der Waals surface area contributed by atoms with Crippen molar-refractivity contribution in [1.29, 1.82) is 0 Å². The van der Waals surface area contributed by atoms with Crippen molar-refractivity contribution in [2.24, 2.45) is 11.8 Å². The van der Waals surface area contributed by atoms with Crippen LogP contribution in [0.2, 0.25) is 0 Å². The molecule has 5 nitrogen and oxygen atoms in total. The summed E-state index contributed by atoms with van der Waals surface area (Å²) in [6.07, 6.45) is 5.08. The second-order valence-corrected chi connectivity index (χ2v) is 10.9. The molecule has 2 N–H and O–H groups in total. The normalized spacial score (nSPS) is 25.1. The fraction of sp³-hybridized carbons (Fsp3) is 0.273. The first-order valence-corrected chi connectivity index (χ1v) is 13.5. The van der Waals surface area contributed by atoms with Crippen molar-refractivity contribution in [2.45, 2.75) is 25.0 Å². The Balaban J connectivity index is 1.31. The second kappa shape index (κ2) is 10.2. The minimum absolute atomic E-state index is 0.0201. The Morgan fingerprint density at radius 2 is 1.82 bits per heavy atom. The highest BCUT2D eigenvalue weighted by Gasteiger charge is 2.54.